The van der Waals surface area contributed by atoms with Crippen molar-refractivity contribution in [3.05, 3.63) is 35.4 Å². The van der Waals surface area contributed by atoms with E-state index in [1.165, 1.54) is 12.1 Å². The summed E-state index contributed by atoms with van der Waals surface area (Å²) in [4.78, 5) is 4.07. The Morgan fingerprint density at radius 2 is 1.95 bits per heavy atom. The van der Waals surface area contributed by atoms with E-state index in [2.05, 4.69) is 15.6 Å². The summed E-state index contributed by atoms with van der Waals surface area (Å²) in [7, 11) is 1.68. The molecule has 0 heterocycles. The van der Waals surface area contributed by atoms with Gasteiger partial charge < -0.3 is 15.4 Å². The molecule has 1 aromatic rings. The van der Waals surface area contributed by atoms with Gasteiger partial charge in [0, 0.05) is 39.4 Å². The van der Waals surface area contributed by atoms with E-state index in [1.807, 2.05) is 6.92 Å². The molecular formula is C15H24F2IN3O. The van der Waals surface area contributed by atoms with Crippen molar-refractivity contribution in [2.45, 2.75) is 19.8 Å². The average molecular weight is 427 g/mol. The van der Waals surface area contributed by atoms with Crippen molar-refractivity contribution in [2.75, 3.05) is 33.4 Å². The van der Waals surface area contributed by atoms with E-state index in [1.54, 1.807) is 7.05 Å². The van der Waals surface area contributed by atoms with Crippen LogP contribution in [0.3, 0.4) is 0 Å². The second-order valence-corrected chi connectivity index (χ2v) is 4.46. The topological polar surface area (TPSA) is 45.6 Å². The van der Waals surface area contributed by atoms with Gasteiger partial charge in [0.2, 0.25) is 0 Å². The molecule has 0 bridgehead atoms. The molecule has 0 saturated carbocycles. The first-order valence-corrected chi connectivity index (χ1v) is 7.13. The maximum Gasteiger partial charge on any atom is 0.190 e. The van der Waals surface area contributed by atoms with Gasteiger partial charge in [-0.15, -0.1) is 24.0 Å². The summed E-state index contributed by atoms with van der Waals surface area (Å²) >= 11 is 0. The number of hydrogen-bond donors (Lipinski definition) is 2. The molecule has 4 nitrogen and oxygen atoms in total. The molecular weight excluding hydrogens is 403 g/mol. The third-order valence-electron chi connectivity index (χ3n) is 2.89. The zero-order chi connectivity index (χ0) is 15.5. The second kappa shape index (κ2) is 12.6. The van der Waals surface area contributed by atoms with E-state index in [-0.39, 0.29) is 24.0 Å². The van der Waals surface area contributed by atoms with Crippen LogP contribution in [-0.2, 0) is 11.2 Å². The monoisotopic (exact) mass is 427 g/mol. The highest BCUT2D eigenvalue weighted by Crippen LogP contribution is 2.09. The predicted octanol–water partition coefficient (Wildman–Crippen LogP) is 2.72. The molecule has 0 spiro atoms. The van der Waals surface area contributed by atoms with Crippen molar-refractivity contribution >= 4 is 29.9 Å². The van der Waals surface area contributed by atoms with Crippen LogP contribution in [0.2, 0.25) is 0 Å². The minimum Gasteiger partial charge on any atom is -0.382 e. The van der Waals surface area contributed by atoms with Crippen LogP contribution in [-0.4, -0.2) is 39.3 Å². The summed E-state index contributed by atoms with van der Waals surface area (Å²) in [5.74, 6) is -0.415. The summed E-state index contributed by atoms with van der Waals surface area (Å²) in [5, 5.41) is 6.23. The Morgan fingerprint density at radius 1 is 1.23 bits per heavy atom. The quantitative estimate of drug-likeness (QED) is 0.290. The molecule has 0 amide bonds. The van der Waals surface area contributed by atoms with Gasteiger partial charge in [0.25, 0.3) is 0 Å². The Kier molecular flexibility index (Phi) is 12.0. The number of benzene rings is 1. The first-order chi connectivity index (χ1) is 10.2. The average Bonchev–Trinajstić information content (AvgIpc) is 2.47. The van der Waals surface area contributed by atoms with Gasteiger partial charge in [0.15, 0.2) is 5.96 Å². The number of aliphatic imine (C=N–C) groups is 1. The minimum absolute atomic E-state index is 0. The molecule has 0 saturated heterocycles. The number of guanidine groups is 1. The molecule has 1 rings (SSSR count). The number of nitrogens with one attached hydrogen (secondary N) is 2. The number of hydrogen-bond acceptors (Lipinski definition) is 2. The molecule has 0 unspecified atom stereocenters. The van der Waals surface area contributed by atoms with Crippen molar-refractivity contribution in [1.29, 1.82) is 0 Å². The Labute approximate surface area is 147 Å². The summed E-state index contributed by atoms with van der Waals surface area (Å²) < 4.78 is 31.5. The van der Waals surface area contributed by atoms with E-state index in [0.29, 0.717) is 31.1 Å². The van der Waals surface area contributed by atoms with Gasteiger partial charge in [-0.3, -0.25) is 4.99 Å². The van der Waals surface area contributed by atoms with Crippen LogP contribution < -0.4 is 10.6 Å². The van der Waals surface area contributed by atoms with Crippen LogP contribution in [0, 0.1) is 11.6 Å². The normalized spacial score (nSPS) is 11.0. The van der Waals surface area contributed by atoms with E-state index in [0.717, 1.165) is 25.6 Å². The number of rotatable bonds is 8. The highest BCUT2D eigenvalue weighted by Gasteiger charge is 2.04. The van der Waals surface area contributed by atoms with Gasteiger partial charge in [0.1, 0.15) is 11.6 Å². The molecule has 0 aliphatic rings. The Balaban J connectivity index is 0.00000441. The zero-order valence-corrected chi connectivity index (χ0v) is 15.3. The molecule has 0 aromatic heterocycles. The molecule has 2 N–H and O–H groups in total. The van der Waals surface area contributed by atoms with Crippen LogP contribution in [0.15, 0.2) is 23.2 Å². The van der Waals surface area contributed by atoms with Crippen LogP contribution in [0.5, 0.6) is 0 Å². The fraction of sp³-hybridized carbons (Fsp3) is 0.533. The minimum atomic E-state index is -0.559. The molecule has 22 heavy (non-hydrogen) atoms. The van der Waals surface area contributed by atoms with E-state index < -0.39 is 11.6 Å². The maximum atomic E-state index is 13.5. The first-order valence-electron chi connectivity index (χ1n) is 7.13. The summed E-state index contributed by atoms with van der Waals surface area (Å²) in [6.07, 6.45) is 1.35. The number of nitrogens with zero attached hydrogens (tertiary/aromatic N) is 1. The maximum absolute atomic E-state index is 13.5. The van der Waals surface area contributed by atoms with Crippen LogP contribution >= 0.6 is 24.0 Å². The fourth-order valence-electron chi connectivity index (χ4n) is 1.79. The SMILES string of the molecule is CCOCCCNC(=NC)NCCc1ccc(F)cc1F.I. The number of ether oxygens (including phenoxy) is 1. The van der Waals surface area contributed by atoms with Gasteiger partial charge >= 0.3 is 0 Å². The Bertz CT molecular complexity index is 458. The van der Waals surface area contributed by atoms with Crippen molar-refractivity contribution in [3.63, 3.8) is 0 Å². The van der Waals surface area contributed by atoms with Gasteiger partial charge in [0.05, 0.1) is 0 Å². The predicted molar refractivity (Wildman–Crippen MR) is 96.0 cm³/mol. The van der Waals surface area contributed by atoms with E-state index >= 15 is 0 Å². The fourth-order valence-corrected chi connectivity index (χ4v) is 1.79. The summed E-state index contributed by atoms with van der Waals surface area (Å²) in [6.45, 7) is 4.66. The lowest BCUT2D eigenvalue weighted by atomic mass is 10.1. The molecule has 7 heteroatoms. The van der Waals surface area contributed by atoms with Gasteiger partial charge in [-0.05, 0) is 31.4 Å². The van der Waals surface area contributed by atoms with Crippen LogP contribution in [0.1, 0.15) is 18.9 Å². The van der Waals surface area contributed by atoms with E-state index in [9.17, 15) is 8.78 Å². The molecule has 1 aromatic carbocycles. The third kappa shape index (κ3) is 8.47. The van der Waals surface area contributed by atoms with Gasteiger partial charge in [-0.1, -0.05) is 6.07 Å². The lowest BCUT2D eigenvalue weighted by Gasteiger charge is -2.12. The van der Waals surface area contributed by atoms with Crippen molar-refractivity contribution in [1.82, 2.24) is 10.6 Å². The zero-order valence-electron chi connectivity index (χ0n) is 13.0. The van der Waals surface area contributed by atoms with E-state index in [4.69, 9.17) is 4.74 Å². The lowest BCUT2D eigenvalue weighted by Crippen LogP contribution is -2.39. The van der Waals surface area contributed by atoms with Gasteiger partial charge in [-0.25, -0.2) is 8.78 Å². The Morgan fingerprint density at radius 3 is 2.59 bits per heavy atom. The molecule has 0 atom stereocenters. The van der Waals surface area contributed by atoms with Crippen molar-refractivity contribution in [2.24, 2.45) is 4.99 Å². The summed E-state index contributed by atoms with van der Waals surface area (Å²) in [5.41, 5.74) is 0.482. The van der Waals surface area contributed by atoms with Crippen molar-refractivity contribution < 1.29 is 13.5 Å². The molecule has 0 fully saturated rings. The standard InChI is InChI=1S/C15H23F2N3O.HI/c1-3-21-10-4-8-19-15(18-2)20-9-7-12-5-6-13(16)11-14(12)17;/h5-6,11H,3-4,7-10H2,1-2H3,(H2,18,19,20);1H. The highest BCUT2D eigenvalue weighted by molar-refractivity contribution is 14.0. The Hall–Kier alpha value is -0.960. The first kappa shape index (κ1) is 21.0. The van der Waals surface area contributed by atoms with Crippen molar-refractivity contribution in [3.8, 4) is 0 Å². The summed E-state index contributed by atoms with van der Waals surface area (Å²) in [6, 6.07) is 3.62. The number of halogens is 3. The molecule has 0 aliphatic carbocycles. The molecule has 126 valence electrons. The molecule has 0 aliphatic heterocycles. The largest absolute Gasteiger partial charge is 0.382 e. The highest BCUT2D eigenvalue weighted by atomic mass is 127. The van der Waals surface area contributed by atoms with Crippen LogP contribution in [0.25, 0.3) is 0 Å². The smallest absolute Gasteiger partial charge is 0.190 e. The third-order valence-corrected chi connectivity index (χ3v) is 2.89. The molecule has 0 radical (unpaired) electrons. The van der Waals surface area contributed by atoms with Gasteiger partial charge in [-0.2, -0.15) is 0 Å². The van der Waals surface area contributed by atoms with Crippen LogP contribution in [0.4, 0.5) is 8.78 Å². The second-order valence-electron chi connectivity index (χ2n) is 4.46. The lowest BCUT2D eigenvalue weighted by molar-refractivity contribution is 0.145.